The first-order valence-corrected chi connectivity index (χ1v) is 7.91. The van der Waals surface area contributed by atoms with E-state index in [1.54, 1.807) is 12.3 Å². The molecule has 0 fully saturated rings. The van der Waals surface area contributed by atoms with Crippen LogP contribution in [-0.4, -0.2) is 34.9 Å². The normalized spacial score (nSPS) is 15.2. The van der Waals surface area contributed by atoms with Crippen molar-refractivity contribution in [2.24, 2.45) is 15.0 Å². The summed E-state index contributed by atoms with van der Waals surface area (Å²) >= 11 is 0. The molecule has 0 saturated carbocycles. The number of para-hydroxylation sites is 1. The summed E-state index contributed by atoms with van der Waals surface area (Å²) in [6, 6.07) is 12.9. The van der Waals surface area contributed by atoms with Crippen LogP contribution in [0, 0.1) is 0 Å². The van der Waals surface area contributed by atoms with Gasteiger partial charge in [0, 0.05) is 23.0 Å². The highest BCUT2D eigenvalue weighted by atomic mass is 16.5. The first-order chi connectivity index (χ1) is 12.8. The van der Waals surface area contributed by atoms with E-state index in [0.29, 0.717) is 16.9 Å². The van der Waals surface area contributed by atoms with Gasteiger partial charge in [-0.1, -0.05) is 18.2 Å². The molecule has 0 saturated heterocycles. The molecule has 3 aromatic rings. The molecule has 7 nitrogen and oxygen atoms in total. The van der Waals surface area contributed by atoms with Crippen LogP contribution in [0.4, 0.5) is 5.82 Å². The van der Waals surface area contributed by atoms with E-state index in [0.717, 1.165) is 22.3 Å². The lowest BCUT2D eigenvalue weighted by atomic mass is 10.2. The van der Waals surface area contributed by atoms with E-state index < -0.39 is 5.91 Å². The number of hydrogen-bond donors (Lipinski definition) is 0. The molecule has 7 heteroatoms. The standard InChI is InChI=1S/C19H13N5O2/c25-18-11-20-10-13-3-1-2-4-16(13)24-19-15-9-14(26-8-7-21-18)5-6-17(15)22-12-23-19/h1-7,9-12H,8H2/b13-10-,20-11?,21-7?,24-16?. The topological polar surface area (TPSA) is 89.2 Å². The van der Waals surface area contributed by atoms with Gasteiger partial charge in [0.05, 0.1) is 17.1 Å². The summed E-state index contributed by atoms with van der Waals surface area (Å²) in [4.78, 5) is 32.7. The Morgan fingerprint density at radius 2 is 1.96 bits per heavy atom. The van der Waals surface area contributed by atoms with Crippen molar-refractivity contribution in [1.82, 2.24) is 9.97 Å². The van der Waals surface area contributed by atoms with Crippen molar-refractivity contribution < 1.29 is 9.53 Å². The third kappa shape index (κ3) is 3.36. The van der Waals surface area contributed by atoms with Crippen LogP contribution < -0.4 is 15.3 Å². The Labute approximate surface area is 148 Å². The lowest BCUT2D eigenvalue weighted by Crippen LogP contribution is -2.23. The first-order valence-electron chi connectivity index (χ1n) is 7.91. The Morgan fingerprint density at radius 3 is 2.92 bits per heavy atom. The van der Waals surface area contributed by atoms with E-state index >= 15 is 0 Å². The Morgan fingerprint density at radius 1 is 1.04 bits per heavy atom. The molecular formula is C19H13N5O2. The van der Waals surface area contributed by atoms with Gasteiger partial charge in [0.25, 0.3) is 5.91 Å². The Kier molecular flexibility index (Phi) is 4.26. The predicted octanol–water partition coefficient (Wildman–Crippen LogP) is 1.38. The van der Waals surface area contributed by atoms with Crippen molar-refractivity contribution in [3.63, 3.8) is 0 Å². The molecule has 2 aromatic carbocycles. The van der Waals surface area contributed by atoms with Gasteiger partial charge in [-0.3, -0.25) is 9.79 Å². The third-order valence-electron chi connectivity index (χ3n) is 3.69. The van der Waals surface area contributed by atoms with Crippen LogP contribution in [0.1, 0.15) is 0 Å². The number of aliphatic imine (C=N–C) groups is 2. The molecular weight excluding hydrogens is 330 g/mol. The zero-order chi connectivity index (χ0) is 17.8. The average molecular weight is 343 g/mol. The maximum absolute atomic E-state index is 11.7. The summed E-state index contributed by atoms with van der Waals surface area (Å²) in [5.41, 5.74) is 0.763. The molecule has 1 aliphatic rings. The van der Waals surface area contributed by atoms with Crippen LogP contribution in [0.25, 0.3) is 17.1 Å². The molecule has 0 atom stereocenters. The third-order valence-corrected chi connectivity index (χ3v) is 3.69. The number of aromatic nitrogens is 2. The second kappa shape index (κ2) is 7.02. The van der Waals surface area contributed by atoms with E-state index in [4.69, 9.17) is 4.74 Å². The molecule has 126 valence electrons. The number of hydrogen-bond acceptors (Lipinski definition) is 6. The van der Waals surface area contributed by atoms with Crippen LogP contribution in [0.5, 0.6) is 5.75 Å². The van der Waals surface area contributed by atoms with Gasteiger partial charge < -0.3 is 4.74 Å². The molecule has 0 N–H and O–H groups in total. The molecule has 0 spiro atoms. The summed E-state index contributed by atoms with van der Waals surface area (Å²) in [5, 5.41) is 2.21. The molecule has 1 amide bonds. The number of nitrogens with zero attached hydrogens (tertiary/aromatic N) is 5. The second-order valence-electron chi connectivity index (χ2n) is 5.42. The van der Waals surface area contributed by atoms with E-state index in [1.807, 2.05) is 36.4 Å². The number of carbonyl (C=O) groups is 1. The number of carbonyl (C=O) groups excluding carboxylic acids is 1. The van der Waals surface area contributed by atoms with Crippen molar-refractivity contribution in [2.45, 2.75) is 0 Å². The molecule has 1 aromatic heterocycles. The maximum atomic E-state index is 11.7. The van der Waals surface area contributed by atoms with Gasteiger partial charge in [0.1, 0.15) is 18.7 Å². The molecule has 0 unspecified atom stereocenters. The van der Waals surface area contributed by atoms with Gasteiger partial charge in [-0.25, -0.2) is 20.0 Å². The zero-order valence-corrected chi connectivity index (χ0v) is 13.6. The minimum Gasteiger partial charge on any atom is -0.488 e. The zero-order valence-electron chi connectivity index (χ0n) is 13.6. The van der Waals surface area contributed by atoms with Gasteiger partial charge in [0.15, 0.2) is 5.82 Å². The lowest BCUT2D eigenvalue weighted by molar-refractivity contribution is -0.111. The number of fused-ring (bicyclic) bond motifs is 2. The Balaban J connectivity index is 1.99. The van der Waals surface area contributed by atoms with Gasteiger partial charge in [-0.2, -0.15) is 0 Å². The fourth-order valence-corrected chi connectivity index (χ4v) is 2.49. The van der Waals surface area contributed by atoms with Crippen molar-refractivity contribution in [2.75, 3.05) is 6.61 Å². The summed E-state index contributed by atoms with van der Waals surface area (Å²) in [6.07, 6.45) is 5.59. The van der Waals surface area contributed by atoms with Gasteiger partial charge in [-0.05, 0) is 24.3 Å². The monoisotopic (exact) mass is 343 g/mol. The van der Waals surface area contributed by atoms with Crippen LogP contribution in [-0.2, 0) is 4.79 Å². The average Bonchev–Trinajstić information content (AvgIpc) is 2.67. The number of amides is 1. The largest absolute Gasteiger partial charge is 0.488 e. The van der Waals surface area contributed by atoms with Gasteiger partial charge in [0.2, 0.25) is 0 Å². The smallest absolute Gasteiger partial charge is 0.287 e. The Bertz CT molecular complexity index is 1170. The molecule has 2 heterocycles. The maximum Gasteiger partial charge on any atom is 0.287 e. The molecule has 4 rings (SSSR count). The molecule has 0 aliphatic carbocycles. The van der Waals surface area contributed by atoms with Gasteiger partial charge >= 0.3 is 0 Å². The summed E-state index contributed by atoms with van der Waals surface area (Å²) in [5.74, 6) is 0.690. The summed E-state index contributed by atoms with van der Waals surface area (Å²) in [6.45, 7) is 0.162. The highest BCUT2D eigenvalue weighted by Gasteiger charge is 2.05. The first kappa shape index (κ1) is 15.8. The second-order valence-corrected chi connectivity index (χ2v) is 5.42. The van der Waals surface area contributed by atoms with Crippen molar-refractivity contribution in [1.29, 1.82) is 0 Å². The molecule has 26 heavy (non-hydrogen) atoms. The fraction of sp³-hybridized carbons (Fsp3) is 0.0526. The van der Waals surface area contributed by atoms with Gasteiger partial charge in [-0.15, -0.1) is 0 Å². The van der Waals surface area contributed by atoms with E-state index in [-0.39, 0.29) is 6.61 Å². The quantitative estimate of drug-likeness (QED) is 0.617. The summed E-state index contributed by atoms with van der Waals surface area (Å²) < 4.78 is 5.61. The van der Waals surface area contributed by atoms with E-state index in [2.05, 4.69) is 24.9 Å². The molecule has 0 radical (unpaired) electrons. The highest BCUT2D eigenvalue weighted by molar-refractivity contribution is 6.28. The Hall–Kier alpha value is -3.74. The van der Waals surface area contributed by atoms with Crippen LogP contribution >= 0.6 is 0 Å². The number of benzene rings is 2. The number of ether oxygens (including phenoxy) is 1. The SMILES string of the molecule is O=C1C=N/C=c2/ccccc2=Nc2ncnc3ccc(cc23)OCC=N1. The highest BCUT2D eigenvalue weighted by Crippen LogP contribution is 2.25. The minimum absolute atomic E-state index is 0.162. The van der Waals surface area contributed by atoms with E-state index in [9.17, 15) is 4.79 Å². The molecule has 2 bridgehead atoms. The van der Waals surface area contributed by atoms with Crippen LogP contribution in [0.2, 0.25) is 0 Å². The fourth-order valence-electron chi connectivity index (χ4n) is 2.49. The van der Waals surface area contributed by atoms with Crippen LogP contribution in [0.3, 0.4) is 0 Å². The van der Waals surface area contributed by atoms with Crippen LogP contribution in [0.15, 0.2) is 63.8 Å². The van der Waals surface area contributed by atoms with Crippen molar-refractivity contribution >= 4 is 41.3 Å². The number of rotatable bonds is 0. The molecule has 1 aliphatic heterocycles. The lowest BCUT2D eigenvalue weighted by Gasteiger charge is -2.05. The van der Waals surface area contributed by atoms with E-state index in [1.165, 1.54) is 12.5 Å². The predicted molar refractivity (Wildman–Crippen MR) is 98.4 cm³/mol. The van der Waals surface area contributed by atoms with Crippen molar-refractivity contribution in [3.8, 4) is 5.75 Å². The van der Waals surface area contributed by atoms with Crippen molar-refractivity contribution in [3.05, 3.63) is 59.4 Å². The minimum atomic E-state index is -0.459. The summed E-state index contributed by atoms with van der Waals surface area (Å²) in [7, 11) is 0.